The summed E-state index contributed by atoms with van der Waals surface area (Å²) in [6.45, 7) is -3.53. The van der Waals surface area contributed by atoms with Gasteiger partial charge in [0.2, 0.25) is 29.5 Å². The fourth-order valence-electron chi connectivity index (χ4n) is 15.4. The number of rotatable bonds is 35. The summed E-state index contributed by atoms with van der Waals surface area (Å²) >= 11 is 0. The van der Waals surface area contributed by atoms with Gasteiger partial charge < -0.3 is 230 Å². The van der Waals surface area contributed by atoms with Crippen molar-refractivity contribution in [3.63, 3.8) is 0 Å². The maximum atomic E-state index is 13.7. The van der Waals surface area contributed by atoms with E-state index in [9.17, 15) is 171 Å². The lowest BCUT2D eigenvalue weighted by Crippen LogP contribution is -2.71. The number of hydrogen-bond acceptors (Lipinski definition) is 46. The Balaban J connectivity index is 1.02. The van der Waals surface area contributed by atoms with E-state index in [4.69, 9.17) is 71.1 Å². The maximum absolute atomic E-state index is 13.7. The molecule has 121 heavy (non-hydrogen) atoms. The number of nitrogens with one attached hydrogen (secondary N) is 5. The number of hydrogen-bond donors (Lipinski definition) is 31. The van der Waals surface area contributed by atoms with Crippen LogP contribution in [0.1, 0.15) is 60.8 Å². The number of carbonyl (C=O) groups is 8. The first-order chi connectivity index (χ1) is 56.6. The molecule has 8 rings (SSSR count). The van der Waals surface area contributed by atoms with E-state index in [1.54, 1.807) is 0 Å². The minimum atomic E-state index is -3.61. The second-order valence-electron chi connectivity index (χ2n) is 30.3. The molecule has 43 atom stereocenters. The highest BCUT2D eigenvalue weighted by atomic mass is 16.8. The average molecular weight is 1770 g/mol. The molecule has 8 aliphatic heterocycles. The number of aliphatic hydroxyl groups excluding tert-OH is 23. The lowest BCUT2D eigenvalue weighted by Gasteiger charge is -2.51. The molecule has 696 valence electrons. The van der Waals surface area contributed by atoms with Gasteiger partial charge >= 0.3 is 17.9 Å². The smallest absolute Gasteiger partial charge is 0.364 e. The molecule has 0 aliphatic carbocycles. The van der Waals surface area contributed by atoms with Crippen LogP contribution in [0.2, 0.25) is 0 Å². The van der Waals surface area contributed by atoms with E-state index in [-0.39, 0.29) is 0 Å². The monoisotopic (exact) mass is 1770 g/mol. The highest BCUT2D eigenvalue weighted by molar-refractivity contribution is 5.79. The zero-order chi connectivity index (χ0) is 90.4. The summed E-state index contributed by atoms with van der Waals surface area (Å²) in [4.78, 5) is 104. The van der Waals surface area contributed by atoms with E-state index in [1.807, 2.05) is 0 Å². The topological polar surface area (TPSA) is 861 Å². The average Bonchev–Trinajstić information content (AvgIpc) is 0.749. The minimum absolute atomic E-state index is 0.831. The predicted octanol–water partition coefficient (Wildman–Crippen LogP) is -19.1. The Morgan fingerprint density at radius 2 is 0.711 bits per heavy atom. The molecule has 54 heteroatoms. The van der Waals surface area contributed by atoms with Crippen molar-refractivity contribution in [2.45, 2.75) is 323 Å². The fraction of sp³-hybridized carbons (Fsp3) is 0.881. The standard InChI is InChI=1S/C67H109N5O49/c1-17-38(88)45(95)47(97)59(108-17)115-52-37(72-22(6)83)58(110-27(11-74)40(52)90)113-50-31(15-78)112-60(48(98)46(50)96)116-56-41(91)28(12-75)111-61(49(56)99)114-51-36(71-21(5)82)57(100)109-32(44(51)94)16-107-65(62(101)102)7-23(84)34(69-19(3)80)54(119-65)42(92)29(13-76)118-67(64(105)106)9-25(86)35(70-20(4)81)55(121-67)43(93)30(14-77)117-66(63(103)104)8-24(85)33(68-18(2)79)53(120-66)39(89)26(87)10-73/h17,23-61,73-78,84-100H,7-16H2,1-6H3,(H,68,79)(H,69,80)(H,70,81)(H,71,82)(H,72,83)(H,101,102)(H,103,104)(H,105,106)/t17-,23-,24-,25-,26+,27+,28+,29+,30+,31+,32+,33+,34+,35+,36+,37+,38+,39+,40-,41-,42+,43+,44-,45+,46+,47-,48+,49+,50-,51+,52+,53+,54+,55+,56-,57-,58-,59-,60-,61-,65+,66+,67+/m0/s1. The van der Waals surface area contributed by atoms with E-state index >= 15 is 0 Å². The van der Waals surface area contributed by atoms with Gasteiger partial charge in [-0.25, -0.2) is 14.4 Å². The molecule has 54 nitrogen and oxygen atoms in total. The fourth-order valence-corrected chi connectivity index (χ4v) is 15.4. The van der Waals surface area contributed by atoms with Crippen LogP contribution in [0.5, 0.6) is 0 Å². The lowest BCUT2D eigenvalue weighted by molar-refractivity contribution is -0.386. The first kappa shape index (κ1) is 101. The Hall–Kier alpha value is -5.76. The molecule has 31 N–H and O–H groups in total. The highest BCUT2D eigenvalue weighted by Gasteiger charge is 2.65. The van der Waals surface area contributed by atoms with Crippen molar-refractivity contribution in [2.24, 2.45) is 0 Å². The van der Waals surface area contributed by atoms with Gasteiger partial charge in [0.1, 0.15) is 171 Å². The highest BCUT2D eigenvalue weighted by Crippen LogP contribution is 2.43. The molecule has 0 saturated carbocycles. The van der Waals surface area contributed by atoms with Gasteiger partial charge in [0, 0.05) is 53.9 Å². The number of ether oxygens (including phenoxy) is 15. The van der Waals surface area contributed by atoms with E-state index in [0.29, 0.717) is 0 Å². The van der Waals surface area contributed by atoms with Gasteiger partial charge in [-0.2, -0.15) is 0 Å². The number of amides is 5. The quantitative estimate of drug-likeness (QED) is 0.0280. The Labute approximate surface area is 683 Å². The molecule has 0 aromatic heterocycles. The van der Waals surface area contributed by atoms with Crippen molar-refractivity contribution in [2.75, 3.05) is 46.2 Å². The zero-order valence-corrected chi connectivity index (χ0v) is 65.2. The molecule has 0 spiro atoms. The molecule has 0 aromatic carbocycles. The van der Waals surface area contributed by atoms with Crippen LogP contribution >= 0.6 is 0 Å². The SMILES string of the molecule is CC(=O)N[C@@H]1[C@@H](O[C@@H]2O[C@H](CO)[C@H](O)[C@H](O[C@@H]3O[C@H](CO)[C@H](O[C@@H]4O[C@H](CO)[C@H](O)[C@H](O[C@@H]5O[C@@H](C)[C@@H](O)[C@@H](O)[C@@H]5O)[C@H]4NC(C)=O)[C@H](O)[C@H]3O)[C@H]2O)[C@@H](O)[C@@H](CO[C@]2(C(=O)O)C[C@H](O)[C@@H](NC(C)=O)[C@H]([C@H](O)[C@@H](CO)O[C@]3(C(=O)O)C[C@H](O)[C@@H](NC(C)=O)[C@H]([C@H](O)[C@@H](CO)O[C@]4(C(=O)O)C[C@H](O)[C@@H](NC(C)=O)[C@H]([C@H](O)[C@H](O)CO)O4)O3)O2)O[C@@H]1O. The van der Waals surface area contributed by atoms with Crippen LogP contribution in [-0.2, 0) is 109 Å². The molecule has 5 amide bonds. The summed E-state index contributed by atoms with van der Waals surface area (Å²) in [6.07, 6.45) is -81.0. The van der Waals surface area contributed by atoms with Crippen LogP contribution < -0.4 is 26.6 Å². The number of aliphatic carboxylic acids is 3. The number of carbonyl (C=O) groups excluding carboxylic acids is 5. The third-order valence-electron chi connectivity index (χ3n) is 21.6. The number of carboxylic acids is 3. The van der Waals surface area contributed by atoms with Gasteiger partial charge in [-0.1, -0.05) is 0 Å². The van der Waals surface area contributed by atoms with E-state index in [0.717, 1.165) is 34.6 Å². The summed E-state index contributed by atoms with van der Waals surface area (Å²) in [5, 5.41) is 301. The summed E-state index contributed by atoms with van der Waals surface area (Å²) in [5.74, 6) is -22.2. The minimum Gasteiger partial charge on any atom is -0.477 e. The van der Waals surface area contributed by atoms with Gasteiger partial charge in [-0.15, -0.1) is 0 Å². The van der Waals surface area contributed by atoms with E-state index in [2.05, 4.69) is 26.6 Å². The Morgan fingerprint density at radius 3 is 1.14 bits per heavy atom. The van der Waals surface area contributed by atoms with Crippen LogP contribution in [0, 0.1) is 0 Å². The number of aliphatic hydroxyl groups is 23. The van der Waals surface area contributed by atoms with Gasteiger partial charge in [0.15, 0.2) is 31.5 Å². The lowest BCUT2D eigenvalue weighted by atomic mass is 9.86. The van der Waals surface area contributed by atoms with Crippen LogP contribution in [0.4, 0.5) is 0 Å². The van der Waals surface area contributed by atoms with E-state index < -0.39 is 375 Å². The van der Waals surface area contributed by atoms with Crippen molar-refractivity contribution >= 4 is 47.4 Å². The van der Waals surface area contributed by atoms with Crippen LogP contribution in [-0.4, -0.2) is 489 Å². The van der Waals surface area contributed by atoms with Crippen molar-refractivity contribution in [1.29, 1.82) is 0 Å². The largest absolute Gasteiger partial charge is 0.477 e. The molecular weight excluding hydrogens is 1660 g/mol. The third kappa shape index (κ3) is 22.3. The first-order valence-electron chi connectivity index (χ1n) is 37.9. The summed E-state index contributed by atoms with van der Waals surface area (Å²) in [5.41, 5.74) is 0. The second-order valence-corrected chi connectivity index (χ2v) is 30.3. The molecule has 0 radical (unpaired) electrons. The molecule has 0 aromatic rings. The second kappa shape index (κ2) is 42.2. The van der Waals surface area contributed by atoms with Crippen LogP contribution in [0.3, 0.4) is 0 Å². The molecule has 0 bridgehead atoms. The molecule has 8 heterocycles. The Morgan fingerprint density at radius 1 is 0.364 bits per heavy atom. The number of carboxylic acid groups (broad SMARTS) is 3. The van der Waals surface area contributed by atoms with Gasteiger partial charge in [0.05, 0.1) is 88.8 Å². The molecular formula is C67H109N5O49. The predicted molar refractivity (Wildman–Crippen MR) is 373 cm³/mol. The van der Waals surface area contributed by atoms with Crippen molar-refractivity contribution in [3.8, 4) is 0 Å². The van der Waals surface area contributed by atoms with Gasteiger partial charge in [-0.05, 0) is 6.92 Å². The van der Waals surface area contributed by atoms with Crippen LogP contribution in [0.15, 0.2) is 0 Å². The van der Waals surface area contributed by atoms with Gasteiger partial charge in [-0.3, -0.25) is 24.0 Å². The maximum Gasteiger partial charge on any atom is 0.364 e. The molecule has 0 unspecified atom stereocenters. The van der Waals surface area contributed by atoms with Crippen LogP contribution in [0.25, 0.3) is 0 Å². The van der Waals surface area contributed by atoms with E-state index in [1.165, 1.54) is 6.92 Å². The Bertz CT molecular complexity index is 3460. The summed E-state index contributed by atoms with van der Waals surface area (Å²) < 4.78 is 86.3. The Kier molecular flexibility index (Phi) is 35.1. The van der Waals surface area contributed by atoms with Crippen molar-refractivity contribution in [3.05, 3.63) is 0 Å². The molecule has 8 saturated heterocycles. The normalized spacial score (nSPS) is 43.8. The summed E-state index contributed by atoms with van der Waals surface area (Å²) in [7, 11) is 0. The molecule has 8 aliphatic rings. The van der Waals surface area contributed by atoms with Gasteiger partial charge in [0.25, 0.3) is 17.4 Å². The van der Waals surface area contributed by atoms with Crippen molar-refractivity contribution in [1.82, 2.24) is 26.6 Å². The molecule has 8 fully saturated rings. The first-order valence-corrected chi connectivity index (χ1v) is 37.9. The van der Waals surface area contributed by atoms with Crippen molar-refractivity contribution < 1.29 is 242 Å². The summed E-state index contributed by atoms with van der Waals surface area (Å²) in [6, 6.07) is -9.71. The zero-order valence-electron chi connectivity index (χ0n) is 65.2. The third-order valence-corrected chi connectivity index (χ3v) is 21.6.